The van der Waals surface area contributed by atoms with Gasteiger partial charge in [0.25, 0.3) is 5.91 Å². The van der Waals surface area contributed by atoms with Gasteiger partial charge in [0.15, 0.2) is 11.6 Å². The second-order valence-electron chi connectivity index (χ2n) is 3.63. The molecule has 0 aliphatic heterocycles. The first-order valence-electron chi connectivity index (χ1n) is 5.19. The highest BCUT2D eigenvalue weighted by atomic mass is 19.1. The van der Waals surface area contributed by atoms with Crippen LogP contribution in [0.4, 0.5) is 15.9 Å². The van der Waals surface area contributed by atoms with Crippen molar-refractivity contribution in [2.75, 3.05) is 17.7 Å². The summed E-state index contributed by atoms with van der Waals surface area (Å²) in [4.78, 5) is 20.8. The Labute approximate surface area is 103 Å². The van der Waals surface area contributed by atoms with Crippen LogP contribution in [0.25, 0.3) is 0 Å². The van der Waals surface area contributed by atoms with Gasteiger partial charge in [-0.2, -0.15) is 0 Å². The first-order chi connectivity index (χ1) is 8.61. The molecule has 0 aromatic carbocycles. The Morgan fingerprint density at radius 2 is 1.94 bits per heavy atom. The van der Waals surface area contributed by atoms with Crippen molar-refractivity contribution in [3.05, 3.63) is 48.2 Å². The van der Waals surface area contributed by atoms with E-state index in [9.17, 15) is 9.18 Å². The lowest BCUT2D eigenvalue weighted by molar-refractivity contribution is 0.0989. The SMILES string of the molecule is CN(C(=O)c1ccnc(N)c1F)c1ccncc1. The molecule has 2 N–H and O–H groups in total. The predicted octanol–water partition coefficient (Wildman–Crippen LogP) is 1.47. The van der Waals surface area contributed by atoms with E-state index in [1.807, 2.05) is 0 Å². The van der Waals surface area contributed by atoms with Crippen LogP contribution in [0.1, 0.15) is 10.4 Å². The van der Waals surface area contributed by atoms with E-state index in [1.165, 1.54) is 17.2 Å². The molecule has 0 spiro atoms. The van der Waals surface area contributed by atoms with Crippen LogP contribution in [0.15, 0.2) is 36.8 Å². The number of anilines is 2. The normalized spacial score (nSPS) is 10.1. The van der Waals surface area contributed by atoms with Gasteiger partial charge >= 0.3 is 0 Å². The Morgan fingerprint density at radius 3 is 2.61 bits per heavy atom. The second-order valence-corrected chi connectivity index (χ2v) is 3.63. The number of hydrogen-bond donors (Lipinski definition) is 1. The molecule has 0 bridgehead atoms. The van der Waals surface area contributed by atoms with E-state index in [0.717, 1.165) is 0 Å². The lowest BCUT2D eigenvalue weighted by Gasteiger charge is -2.17. The van der Waals surface area contributed by atoms with Gasteiger partial charge < -0.3 is 10.6 Å². The Morgan fingerprint density at radius 1 is 1.28 bits per heavy atom. The first kappa shape index (κ1) is 12.0. The summed E-state index contributed by atoms with van der Waals surface area (Å²) in [7, 11) is 1.55. The Bertz CT molecular complexity index is 574. The van der Waals surface area contributed by atoms with Crippen molar-refractivity contribution in [1.29, 1.82) is 0 Å². The Balaban J connectivity index is 2.35. The van der Waals surface area contributed by atoms with Crippen molar-refractivity contribution in [2.45, 2.75) is 0 Å². The molecule has 2 heterocycles. The van der Waals surface area contributed by atoms with E-state index in [0.29, 0.717) is 5.69 Å². The minimum Gasteiger partial charge on any atom is -0.381 e. The van der Waals surface area contributed by atoms with Crippen LogP contribution in [0.2, 0.25) is 0 Å². The summed E-state index contributed by atoms with van der Waals surface area (Å²) in [5.41, 5.74) is 5.84. The highest BCUT2D eigenvalue weighted by Crippen LogP contribution is 2.17. The van der Waals surface area contributed by atoms with E-state index >= 15 is 0 Å². The molecule has 2 aromatic heterocycles. The fourth-order valence-corrected chi connectivity index (χ4v) is 1.49. The largest absolute Gasteiger partial charge is 0.381 e. The van der Waals surface area contributed by atoms with Gasteiger partial charge in [-0.15, -0.1) is 0 Å². The maximum absolute atomic E-state index is 13.7. The maximum atomic E-state index is 13.7. The highest BCUT2D eigenvalue weighted by molar-refractivity contribution is 6.06. The van der Waals surface area contributed by atoms with Crippen LogP contribution in [0, 0.1) is 5.82 Å². The van der Waals surface area contributed by atoms with E-state index in [-0.39, 0.29) is 11.4 Å². The quantitative estimate of drug-likeness (QED) is 0.871. The topological polar surface area (TPSA) is 72.1 Å². The smallest absolute Gasteiger partial charge is 0.261 e. The standard InChI is InChI=1S/C12H11FN4O/c1-17(8-2-5-15-6-3-8)12(18)9-4-7-16-11(14)10(9)13/h2-7H,1H3,(H2,14,16). The zero-order valence-corrected chi connectivity index (χ0v) is 9.67. The van der Waals surface area contributed by atoms with Gasteiger partial charge in [0.2, 0.25) is 0 Å². The molecule has 2 rings (SSSR count). The number of amides is 1. The maximum Gasteiger partial charge on any atom is 0.261 e. The van der Waals surface area contributed by atoms with Crippen molar-refractivity contribution < 1.29 is 9.18 Å². The van der Waals surface area contributed by atoms with Gasteiger partial charge in [0, 0.05) is 31.3 Å². The van der Waals surface area contributed by atoms with E-state index in [1.54, 1.807) is 31.6 Å². The van der Waals surface area contributed by atoms with Gasteiger partial charge in [-0.3, -0.25) is 9.78 Å². The number of nitrogens with two attached hydrogens (primary N) is 1. The van der Waals surface area contributed by atoms with Crippen LogP contribution in [0.5, 0.6) is 0 Å². The van der Waals surface area contributed by atoms with Gasteiger partial charge in [-0.1, -0.05) is 0 Å². The summed E-state index contributed by atoms with van der Waals surface area (Å²) >= 11 is 0. The fraction of sp³-hybridized carbons (Fsp3) is 0.0833. The molecule has 0 aliphatic carbocycles. The lowest BCUT2D eigenvalue weighted by Crippen LogP contribution is -2.27. The monoisotopic (exact) mass is 246 g/mol. The average molecular weight is 246 g/mol. The molecule has 0 fully saturated rings. The predicted molar refractivity (Wildman–Crippen MR) is 65.6 cm³/mol. The molecule has 0 saturated carbocycles. The molecule has 1 amide bonds. The molecular formula is C12H11FN4O. The highest BCUT2D eigenvalue weighted by Gasteiger charge is 2.19. The van der Waals surface area contributed by atoms with Crippen molar-refractivity contribution in [3.8, 4) is 0 Å². The van der Waals surface area contributed by atoms with Crippen LogP contribution < -0.4 is 10.6 Å². The van der Waals surface area contributed by atoms with Crippen molar-refractivity contribution in [1.82, 2.24) is 9.97 Å². The fourth-order valence-electron chi connectivity index (χ4n) is 1.49. The van der Waals surface area contributed by atoms with Crippen LogP contribution >= 0.6 is 0 Å². The number of nitrogens with zero attached hydrogens (tertiary/aromatic N) is 3. The third-order valence-electron chi connectivity index (χ3n) is 2.50. The number of aromatic nitrogens is 2. The summed E-state index contributed by atoms with van der Waals surface area (Å²) in [6.07, 6.45) is 4.40. The minimum absolute atomic E-state index is 0.109. The van der Waals surface area contributed by atoms with Gasteiger partial charge in [-0.25, -0.2) is 9.37 Å². The van der Waals surface area contributed by atoms with Crippen molar-refractivity contribution in [2.24, 2.45) is 0 Å². The van der Waals surface area contributed by atoms with Crippen LogP contribution in [-0.2, 0) is 0 Å². The number of pyridine rings is 2. The number of halogens is 1. The molecule has 92 valence electrons. The lowest BCUT2D eigenvalue weighted by atomic mass is 10.2. The van der Waals surface area contributed by atoms with Gasteiger partial charge in [0.05, 0.1) is 5.56 Å². The molecule has 0 aliphatic rings. The summed E-state index contributed by atoms with van der Waals surface area (Å²) in [6.45, 7) is 0. The first-order valence-corrected chi connectivity index (χ1v) is 5.19. The summed E-state index contributed by atoms with van der Waals surface area (Å²) in [5, 5.41) is 0. The van der Waals surface area contributed by atoms with Crippen LogP contribution in [-0.4, -0.2) is 22.9 Å². The third kappa shape index (κ3) is 2.13. The molecular weight excluding hydrogens is 235 g/mol. The molecule has 0 unspecified atom stereocenters. The molecule has 0 saturated heterocycles. The van der Waals surface area contributed by atoms with Crippen molar-refractivity contribution in [3.63, 3.8) is 0 Å². The number of carbonyl (C=O) groups excluding carboxylic acids is 1. The Hall–Kier alpha value is -2.50. The average Bonchev–Trinajstić information content (AvgIpc) is 2.41. The number of carbonyl (C=O) groups is 1. The molecule has 5 nitrogen and oxygen atoms in total. The zero-order chi connectivity index (χ0) is 13.1. The van der Waals surface area contributed by atoms with E-state index < -0.39 is 11.7 Å². The van der Waals surface area contributed by atoms with Gasteiger partial charge in [-0.05, 0) is 18.2 Å². The summed E-state index contributed by atoms with van der Waals surface area (Å²) in [6, 6.07) is 4.60. The van der Waals surface area contributed by atoms with E-state index in [2.05, 4.69) is 9.97 Å². The number of rotatable bonds is 2. The second kappa shape index (κ2) is 4.79. The summed E-state index contributed by atoms with van der Waals surface area (Å²) in [5.74, 6) is -1.58. The number of hydrogen-bond acceptors (Lipinski definition) is 4. The molecule has 0 atom stereocenters. The molecule has 18 heavy (non-hydrogen) atoms. The van der Waals surface area contributed by atoms with Crippen molar-refractivity contribution >= 4 is 17.4 Å². The van der Waals surface area contributed by atoms with Gasteiger partial charge in [0.1, 0.15) is 0 Å². The minimum atomic E-state index is -0.802. The third-order valence-corrected chi connectivity index (χ3v) is 2.50. The van der Waals surface area contributed by atoms with E-state index in [4.69, 9.17) is 5.73 Å². The molecule has 0 radical (unpaired) electrons. The Kier molecular flexibility index (Phi) is 3.18. The van der Waals surface area contributed by atoms with Crippen LogP contribution in [0.3, 0.4) is 0 Å². The zero-order valence-electron chi connectivity index (χ0n) is 9.67. The molecule has 2 aromatic rings. The summed E-state index contributed by atoms with van der Waals surface area (Å²) < 4.78 is 13.7. The number of nitrogen functional groups attached to an aromatic ring is 1. The molecule has 6 heteroatoms.